The molecule has 1 heteroatoms. The Hall–Kier alpha value is -0.300. The highest BCUT2D eigenvalue weighted by Gasteiger charge is 2.71. The van der Waals surface area contributed by atoms with Crippen LogP contribution in [0.2, 0.25) is 0 Å². The zero-order chi connectivity index (χ0) is 22.6. The number of hydrogen-bond donors (Lipinski definition) is 1. The van der Waals surface area contributed by atoms with Gasteiger partial charge >= 0.3 is 0 Å². The molecule has 0 aromatic heterocycles. The first-order valence-corrected chi connectivity index (χ1v) is 13.7. The highest BCUT2D eigenvalue weighted by Crippen LogP contribution is 2.79. The maximum absolute atomic E-state index is 10.6. The SMILES string of the molecule is C=C1[C@H](O)CC[C@H]2[C@]3(C)CC[C@@]4(C)[C@@H]5CC[C@H](C(C)C)[C@@]5(C)CC[C@]4(C)[C@H]3CC[C@]12C. The van der Waals surface area contributed by atoms with Gasteiger partial charge in [0.15, 0.2) is 0 Å². The monoisotopic (exact) mass is 426 g/mol. The number of aliphatic hydroxyl groups excluding tert-OH is 1. The number of rotatable bonds is 1. The molecule has 0 heterocycles. The Morgan fingerprint density at radius 1 is 0.710 bits per heavy atom. The average molecular weight is 427 g/mol. The summed E-state index contributed by atoms with van der Waals surface area (Å²) in [6.45, 7) is 22.7. The first kappa shape index (κ1) is 22.5. The van der Waals surface area contributed by atoms with Gasteiger partial charge in [-0.15, -0.1) is 0 Å². The van der Waals surface area contributed by atoms with Crippen LogP contribution in [0, 0.1) is 56.7 Å². The molecule has 0 spiro atoms. The zero-order valence-electron chi connectivity index (χ0n) is 21.7. The predicted molar refractivity (Wildman–Crippen MR) is 131 cm³/mol. The van der Waals surface area contributed by atoms with E-state index in [4.69, 9.17) is 0 Å². The van der Waals surface area contributed by atoms with E-state index in [9.17, 15) is 5.11 Å². The third-order valence-corrected chi connectivity index (χ3v) is 13.6. The van der Waals surface area contributed by atoms with Crippen molar-refractivity contribution in [3.8, 4) is 0 Å². The van der Waals surface area contributed by atoms with E-state index < -0.39 is 0 Å². The fourth-order valence-corrected chi connectivity index (χ4v) is 11.8. The van der Waals surface area contributed by atoms with Crippen LogP contribution in [-0.2, 0) is 0 Å². The van der Waals surface area contributed by atoms with Gasteiger partial charge in [0.1, 0.15) is 0 Å². The Morgan fingerprint density at radius 2 is 1.26 bits per heavy atom. The zero-order valence-corrected chi connectivity index (χ0v) is 21.7. The third-order valence-electron chi connectivity index (χ3n) is 13.6. The summed E-state index contributed by atoms with van der Waals surface area (Å²) in [5, 5.41) is 10.6. The van der Waals surface area contributed by atoms with Gasteiger partial charge in [0.05, 0.1) is 6.10 Å². The van der Waals surface area contributed by atoms with Crippen molar-refractivity contribution in [3.63, 3.8) is 0 Å². The quantitative estimate of drug-likeness (QED) is 0.421. The summed E-state index contributed by atoms with van der Waals surface area (Å²) in [5.74, 6) is 4.20. The smallest absolute Gasteiger partial charge is 0.0753 e. The second-order valence-corrected chi connectivity index (χ2v) is 14.5. The van der Waals surface area contributed by atoms with Gasteiger partial charge in [-0.25, -0.2) is 0 Å². The standard InChI is InChI=1S/C30H50O/c1-19(2)21-9-11-24-27(21,5)15-17-30(8)25-13-14-26(4)20(3)22(31)10-12-23(26)28(25,6)16-18-29(24,30)7/h19,21-25,31H,3,9-18H2,1-2,4-8H3/t21-,22-,23-,24-,25+,26-,27-,28+,29+,30-/m1/s1. The Kier molecular flexibility index (Phi) is 4.82. The summed E-state index contributed by atoms with van der Waals surface area (Å²) >= 11 is 0. The molecule has 0 aliphatic heterocycles. The summed E-state index contributed by atoms with van der Waals surface area (Å²) in [6.07, 6.45) is 13.1. The number of fused-ring (bicyclic) bond motifs is 7. The lowest BCUT2D eigenvalue weighted by Crippen LogP contribution is -2.66. The van der Waals surface area contributed by atoms with E-state index in [2.05, 4.69) is 55.0 Å². The molecule has 0 aromatic rings. The molecule has 0 radical (unpaired) electrons. The lowest BCUT2D eigenvalue weighted by atomic mass is 9.31. The van der Waals surface area contributed by atoms with Crippen LogP contribution in [-0.4, -0.2) is 11.2 Å². The van der Waals surface area contributed by atoms with Gasteiger partial charge in [0.25, 0.3) is 0 Å². The molecule has 5 fully saturated rings. The van der Waals surface area contributed by atoms with E-state index >= 15 is 0 Å². The van der Waals surface area contributed by atoms with Crippen molar-refractivity contribution in [1.82, 2.24) is 0 Å². The van der Waals surface area contributed by atoms with Crippen LogP contribution in [0.3, 0.4) is 0 Å². The van der Waals surface area contributed by atoms with Crippen molar-refractivity contribution >= 4 is 0 Å². The largest absolute Gasteiger partial charge is 0.389 e. The van der Waals surface area contributed by atoms with Gasteiger partial charge in [-0.3, -0.25) is 0 Å². The Labute approximate surface area is 192 Å². The molecular weight excluding hydrogens is 376 g/mol. The Balaban J connectivity index is 1.53. The predicted octanol–water partition coefficient (Wildman–Crippen LogP) is 8.02. The maximum Gasteiger partial charge on any atom is 0.0753 e. The molecule has 0 amide bonds. The van der Waals surface area contributed by atoms with Crippen LogP contribution in [0.5, 0.6) is 0 Å². The molecule has 31 heavy (non-hydrogen) atoms. The number of aliphatic hydroxyl groups is 1. The minimum absolute atomic E-state index is 0.145. The van der Waals surface area contributed by atoms with Gasteiger partial charge < -0.3 is 5.11 Å². The molecule has 5 saturated carbocycles. The van der Waals surface area contributed by atoms with Gasteiger partial charge in [0, 0.05) is 0 Å². The van der Waals surface area contributed by atoms with Crippen LogP contribution in [0.1, 0.15) is 113 Å². The van der Waals surface area contributed by atoms with E-state index in [0.29, 0.717) is 27.6 Å². The van der Waals surface area contributed by atoms with Gasteiger partial charge in [-0.05, 0) is 126 Å². The summed E-state index contributed by atoms with van der Waals surface area (Å²) in [7, 11) is 0. The lowest BCUT2D eigenvalue weighted by molar-refractivity contribution is -0.238. The average Bonchev–Trinajstić information content (AvgIpc) is 3.06. The molecule has 10 atom stereocenters. The molecule has 5 rings (SSSR count). The van der Waals surface area contributed by atoms with Crippen molar-refractivity contribution < 1.29 is 5.11 Å². The second kappa shape index (κ2) is 6.64. The van der Waals surface area contributed by atoms with Gasteiger partial charge in [0.2, 0.25) is 0 Å². The normalized spacial score (nSPS) is 59.0. The van der Waals surface area contributed by atoms with Crippen LogP contribution in [0.4, 0.5) is 0 Å². The summed E-state index contributed by atoms with van der Waals surface area (Å²) in [4.78, 5) is 0. The molecule has 0 bridgehead atoms. The molecular formula is C30H50O. The van der Waals surface area contributed by atoms with E-state index in [0.717, 1.165) is 35.7 Å². The van der Waals surface area contributed by atoms with Crippen molar-refractivity contribution in [2.24, 2.45) is 56.7 Å². The fraction of sp³-hybridized carbons (Fsp3) is 0.933. The molecule has 1 nitrogen and oxygen atoms in total. The summed E-state index contributed by atoms with van der Waals surface area (Å²) in [6, 6.07) is 0. The first-order valence-electron chi connectivity index (χ1n) is 13.7. The van der Waals surface area contributed by atoms with E-state index in [-0.39, 0.29) is 11.5 Å². The van der Waals surface area contributed by atoms with Crippen LogP contribution < -0.4 is 0 Å². The minimum Gasteiger partial charge on any atom is -0.389 e. The highest BCUT2D eigenvalue weighted by atomic mass is 16.3. The van der Waals surface area contributed by atoms with Gasteiger partial charge in [-0.1, -0.05) is 55.0 Å². The van der Waals surface area contributed by atoms with Gasteiger partial charge in [-0.2, -0.15) is 0 Å². The maximum atomic E-state index is 10.6. The second-order valence-electron chi connectivity index (χ2n) is 14.5. The van der Waals surface area contributed by atoms with Crippen molar-refractivity contribution in [1.29, 1.82) is 0 Å². The van der Waals surface area contributed by atoms with E-state index in [1.807, 2.05) is 0 Å². The number of hydrogen-bond acceptors (Lipinski definition) is 1. The van der Waals surface area contributed by atoms with Crippen molar-refractivity contribution in [2.45, 2.75) is 119 Å². The minimum atomic E-state index is -0.271. The van der Waals surface area contributed by atoms with Crippen LogP contribution in [0.15, 0.2) is 12.2 Å². The lowest BCUT2D eigenvalue weighted by Gasteiger charge is -2.73. The molecule has 5 aliphatic carbocycles. The molecule has 0 saturated heterocycles. The Bertz CT molecular complexity index is 768. The van der Waals surface area contributed by atoms with Crippen molar-refractivity contribution in [3.05, 3.63) is 12.2 Å². The summed E-state index contributed by atoms with van der Waals surface area (Å²) < 4.78 is 0. The molecule has 5 aliphatic rings. The van der Waals surface area contributed by atoms with Crippen LogP contribution in [0.25, 0.3) is 0 Å². The van der Waals surface area contributed by atoms with Crippen LogP contribution >= 0.6 is 0 Å². The third kappa shape index (κ3) is 2.54. The highest BCUT2D eigenvalue weighted by molar-refractivity contribution is 5.26. The first-order chi connectivity index (χ1) is 14.3. The fourth-order valence-electron chi connectivity index (χ4n) is 11.8. The van der Waals surface area contributed by atoms with E-state index in [1.54, 1.807) is 0 Å². The van der Waals surface area contributed by atoms with Crippen molar-refractivity contribution in [2.75, 3.05) is 0 Å². The molecule has 1 N–H and O–H groups in total. The Morgan fingerprint density at radius 3 is 1.87 bits per heavy atom. The molecule has 176 valence electrons. The molecule has 0 aromatic carbocycles. The molecule has 0 unspecified atom stereocenters. The van der Waals surface area contributed by atoms with E-state index in [1.165, 1.54) is 57.8 Å². The topological polar surface area (TPSA) is 20.2 Å². The summed E-state index contributed by atoms with van der Waals surface area (Å²) in [5.41, 5.74) is 3.23.